The van der Waals surface area contributed by atoms with Crippen LogP contribution >= 0.6 is 0 Å². The van der Waals surface area contributed by atoms with Crippen LogP contribution in [0, 0.1) is 11.7 Å². The molecule has 0 spiro atoms. The van der Waals surface area contributed by atoms with Crippen molar-refractivity contribution in [3.63, 3.8) is 0 Å². The van der Waals surface area contributed by atoms with E-state index in [1.165, 1.54) is 12.1 Å². The van der Waals surface area contributed by atoms with Gasteiger partial charge in [-0.05, 0) is 51.3 Å². The van der Waals surface area contributed by atoms with Gasteiger partial charge in [0.1, 0.15) is 11.4 Å². The number of rotatable bonds is 5. The van der Waals surface area contributed by atoms with Crippen LogP contribution in [0.25, 0.3) is 0 Å². The van der Waals surface area contributed by atoms with Crippen molar-refractivity contribution in [3.8, 4) is 0 Å². The first-order valence-corrected chi connectivity index (χ1v) is 8.85. The van der Waals surface area contributed by atoms with Gasteiger partial charge in [-0.3, -0.25) is 0 Å². The fraction of sp³-hybridized carbons (Fsp3) is 0.632. The topological polar surface area (TPSA) is 64.8 Å². The average molecular weight is 352 g/mol. The number of hydrogen-bond acceptors (Lipinski definition) is 4. The summed E-state index contributed by atoms with van der Waals surface area (Å²) in [6.07, 6.45) is 1.17. The molecule has 1 aromatic rings. The predicted octanol–water partition coefficient (Wildman–Crippen LogP) is 3.49. The van der Waals surface area contributed by atoms with Crippen LogP contribution in [0.1, 0.15) is 45.3 Å². The van der Waals surface area contributed by atoms with Crippen LogP contribution in [0.4, 0.5) is 9.18 Å². The fourth-order valence-corrected chi connectivity index (χ4v) is 3.13. The fourth-order valence-electron chi connectivity index (χ4n) is 3.13. The number of ether oxygens (including phenoxy) is 2. The first kappa shape index (κ1) is 19.7. The van der Waals surface area contributed by atoms with Crippen LogP contribution in [-0.4, -0.2) is 42.8 Å². The van der Waals surface area contributed by atoms with Gasteiger partial charge in [0.15, 0.2) is 0 Å². The molecule has 6 heteroatoms. The zero-order valence-corrected chi connectivity index (χ0v) is 15.3. The highest BCUT2D eigenvalue weighted by atomic mass is 19.1. The molecular weight excluding hydrogens is 323 g/mol. The summed E-state index contributed by atoms with van der Waals surface area (Å²) in [5.41, 5.74) is 5.83. The van der Waals surface area contributed by atoms with Crippen LogP contribution in [-0.2, 0) is 9.47 Å². The standard InChI is InChI=1S/C19H29FN2O3/c1-19(2,3)25-18(23)22-10-5-7-15(13-22)17(24-11-9-21)14-6-4-8-16(20)12-14/h4,6,8,12,15,17H,5,7,9-11,13,21H2,1-3H3. The molecule has 1 aliphatic rings. The summed E-state index contributed by atoms with van der Waals surface area (Å²) >= 11 is 0. The molecule has 140 valence electrons. The van der Waals surface area contributed by atoms with Crippen molar-refractivity contribution in [2.45, 2.75) is 45.3 Å². The molecule has 2 atom stereocenters. The lowest BCUT2D eigenvalue weighted by atomic mass is 9.88. The number of piperidine rings is 1. The van der Waals surface area contributed by atoms with Gasteiger partial charge in [0.25, 0.3) is 0 Å². The van der Waals surface area contributed by atoms with Gasteiger partial charge in [0.05, 0.1) is 12.7 Å². The molecule has 1 heterocycles. The minimum Gasteiger partial charge on any atom is -0.444 e. The Kier molecular flexibility index (Phi) is 6.79. The number of carbonyl (C=O) groups excluding carboxylic acids is 1. The minimum atomic E-state index is -0.526. The summed E-state index contributed by atoms with van der Waals surface area (Å²) in [5.74, 6) is -0.215. The molecule has 2 rings (SSSR count). The normalized spacial score (nSPS) is 19.6. The predicted molar refractivity (Wildman–Crippen MR) is 94.7 cm³/mol. The first-order valence-electron chi connectivity index (χ1n) is 8.85. The van der Waals surface area contributed by atoms with E-state index in [4.69, 9.17) is 15.2 Å². The number of likely N-dealkylation sites (tertiary alicyclic amines) is 1. The number of benzene rings is 1. The van der Waals surface area contributed by atoms with Gasteiger partial charge in [-0.1, -0.05) is 12.1 Å². The van der Waals surface area contributed by atoms with Crippen molar-refractivity contribution in [2.75, 3.05) is 26.2 Å². The zero-order valence-electron chi connectivity index (χ0n) is 15.3. The quantitative estimate of drug-likeness (QED) is 0.881. The Morgan fingerprint density at radius 2 is 2.20 bits per heavy atom. The van der Waals surface area contributed by atoms with Crippen LogP contribution < -0.4 is 5.73 Å². The minimum absolute atomic E-state index is 0.0784. The van der Waals surface area contributed by atoms with Crippen LogP contribution in [0.3, 0.4) is 0 Å². The van der Waals surface area contributed by atoms with Crippen molar-refractivity contribution in [1.29, 1.82) is 0 Å². The molecule has 1 aliphatic heterocycles. The molecule has 1 saturated heterocycles. The van der Waals surface area contributed by atoms with Gasteiger partial charge in [-0.25, -0.2) is 9.18 Å². The monoisotopic (exact) mass is 352 g/mol. The highest BCUT2D eigenvalue weighted by molar-refractivity contribution is 5.68. The number of amides is 1. The van der Waals surface area contributed by atoms with Gasteiger partial charge in [-0.15, -0.1) is 0 Å². The van der Waals surface area contributed by atoms with E-state index in [0.717, 1.165) is 18.4 Å². The maximum Gasteiger partial charge on any atom is 0.410 e. The Hall–Kier alpha value is -1.66. The van der Waals surface area contributed by atoms with Gasteiger partial charge < -0.3 is 20.1 Å². The second kappa shape index (κ2) is 8.63. The second-order valence-corrected chi connectivity index (χ2v) is 7.46. The molecule has 2 unspecified atom stereocenters. The van der Waals surface area contributed by atoms with Gasteiger partial charge in [0, 0.05) is 25.6 Å². The van der Waals surface area contributed by atoms with E-state index in [9.17, 15) is 9.18 Å². The van der Waals surface area contributed by atoms with Gasteiger partial charge >= 0.3 is 6.09 Å². The maximum atomic E-state index is 13.6. The lowest BCUT2D eigenvalue weighted by Gasteiger charge is -2.37. The SMILES string of the molecule is CC(C)(C)OC(=O)N1CCCC(C(OCCN)c2cccc(F)c2)C1. The lowest BCUT2D eigenvalue weighted by molar-refractivity contribution is -0.0234. The molecule has 0 saturated carbocycles. The Morgan fingerprint density at radius 3 is 2.84 bits per heavy atom. The van der Waals surface area contributed by atoms with Crippen molar-refractivity contribution in [3.05, 3.63) is 35.6 Å². The van der Waals surface area contributed by atoms with Crippen LogP contribution in [0.15, 0.2) is 24.3 Å². The van der Waals surface area contributed by atoms with Crippen LogP contribution in [0.2, 0.25) is 0 Å². The number of carbonyl (C=O) groups is 1. The van der Waals surface area contributed by atoms with Gasteiger partial charge in [-0.2, -0.15) is 0 Å². The molecule has 1 fully saturated rings. The number of nitrogens with two attached hydrogens (primary N) is 1. The molecule has 0 aromatic heterocycles. The van der Waals surface area contributed by atoms with Crippen molar-refractivity contribution < 1.29 is 18.7 Å². The molecule has 5 nitrogen and oxygen atoms in total. The maximum absolute atomic E-state index is 13.6. The van der Waals surface area contributed by atoms with E-state index in [1.54, 1.807) is 11.0 Å². The Morgan fingerprint density at radius 1 is 1.44 bits per heavy atom. The van der Waals surface area contributed by atoms with E-state index in [1.807, 2.05) is 26.8 Å². The molecular formula is C19H29FN2O3. The highest BCUT2D eigenvalue weighted by Crippen LogP contribution is 2.33. The van der Waals surface area contributed by atoms with E-state index in [-0.39, 0.29) is 23.9 Å². The van der Waals surface area contributed by atoms with Crippen LogP contribution in [0.5, 0.6) is 0 Å². The molecule has 2 N–H and O–H groups in total. The first-order chi connectivity index (χ1) is 11.8. The van der Waals surface area contributed by atoms with Crippen molar-refractivity contribution >= 4 is 6.09 Å². The molecule has 1 aromatic carbocycles. The summed E-state index contributed by atoms with van der Waals surface area (Å²) in [6, 6.07) is 6.44. The van der Waals surface area contributed by atoms with E-state index < -0.39 is 5.60 Å². The summed E-state index contributed by atoms with van der Waals surface area (Å²) < 4.78 is 25.1. The largest absolute Gasteiger partial charge is 0.444 e. The second-order valence-electron chi connectivity index (χ2n) is 7.46. The Labute approximate surface area is 149 Å². The molecule has 0 bridgehead atoms. The third-order valence-electron chi connectivity index (χ3n) is 4.13. The zero-order chi connectivity index (χ0) is 18.4. The number of hydrogen-bond donors (Lipinski definition) is 1. The van der Waals surface area contributed by atoms with E-state index >= 15 is 0 Å². The lowest BCUT2D eigenvalue weighted by Crippen LogP contribution is -2.44. The molecule has 0 aliphatic carbocycles. The average Bonchev–Trinajstić information content (AvgIpc) is 2.54. The van der Waals surface area contributed by atoms with E-state index in [0.29, 0.717) is 26.2 Å². The molecule has 0 radical (unpaired) electrons. The number of halogens is 1. The van der Waals surface area contributed by atoms with Crippen molar-refractivity contribution in [2.24, 2.45) is 11.7 Å². The summed E-state index contributed by atoms with van der Waals surface area (Å²) in [5, 5.41) is 0. The summed E-state index contributed by atoms with van der Waals surface area (Å²) in [7, 11) is 0. The summed E-state index contributed by atoms with van der Waals surface area (Å²) in [6.45, 7) is 7.54. The van der Waals surface area contributed by atoms with E-state index in [2.05, 4.69) is 0 Å². The molecule has 25 heavy (non-hydrogen) atoms. The highest BCUT2D eigenvalue weighted by Gasteiger charge is 2.33. The Balaban J connectivity index is 2.12. The smallest absolute Gasteiger partial charge is 0.410 e. The summed E-state index contributed by atoms with van der Waals surface area (Å²) in [4.78, 5) is 14.1. The third kappa shape index (κ3) is 5.97. The van der Waals surface area contributed by atoms with Gasteiger partial charge in [0.2, 0.25) is 0 Å². The molecule has 1 amide bonds. The van der Waals surface area contributed by atoms with Crippen molar-refractivity contribution in [1.82, 2.24) is 4.90 Å². The number of nitrogens with zero attached hydrogens (tertiary/aromatic N) is 1. The third-order valence-corrected chi connectivity index (χ3v) is 4.13. The Bertz CT molecular complexity index is 574.